The van der Waals surface area contributed by atoms with Gasteiger partial charge in [0.15, 0.2) is 0 Å². The number of hydrogen-bond acceptors (Lipinski definition) is 5. The number of carbonyl (C=O) groups excluding carboxylic acids is 1. The van der Waals surface area contributed by atoms with Crippen molar-refractivity contribution in [2.45, 2.75) is 38.1 Å². The predicted molar refractivity (Wildman–Crippen MR) is 126 cm³/mol. The molecule has 1 aromatic heterocycles. The zero-order valence-corrected chi connectivity index (χ0v) is 19.6. The summed E-state index contributed by atoms with van der Waals surface area (Å²) in [5.41, 5.74) is 1.17. The van der Waals surface area contributed by atoms with Crippen LogP contribution in [0.3, 0.4) is 0 Å². The van der Waals surface area contributed by atoms with Crippen LogP contribution in [0.1, 0.15) is 24.0 Å². The molecule has 1 N–H and O–H groups in total. The van der Waals surface area contributed by atoms with Gasteiger partial charge in [-0.15, -0.1) is 0 Å². The number of aryl methyl sites for hydroxylation is 2. The van der Waals surface area contributed by atoms with E-state index in [0.29, 0.717) is 24.3 Å². The molecule has 0 saturated carbocycles. The molecule has 1 saturated heterocycles. The molecule has 10 heteroatoms. The van der Waals surface area contributed by atoms with E-state index in [1.807, 2.05) is 19.9 Å². The van der Waals surface area contributed by atoms with Gasteiger partial charge in [-0.1, -0.05) is 12.1 Å². The van der Waals surface area contributed by atoms with Crippen molar-refractivity contribution < 1.29 is 13.2 Å². The van der Waals surface area contributed by atoms with Crippen LogP contribution in [0.5, 0.6) is 0 Å². The van der Waals surface area contributed by atoms with Gasteiger partial charge in [-0.2, -0.15) is 0 Å². The van der Waals surface area contributed by atoms with Crippen LogP contribution in [0.2, 0.25) is 0 Å². The number of benzene rings is 2. The summed E-state index contributed by atoms with van der Waals surface area (Å²) in [6, 6.07) is 9.35. The molecule has 4 rings (SSSR count). The van der Waals surface area contributed by atoms with Crippen molar-refractivity contribution in [3.05, 3.63) is 68.4 Å². The first-order valence-electron chi connectivity index (χ1n) is 10.7. The zero-order chi connectivity index (χ0) is 23.9. The lowest BCUT2D eigenvalue weighted by Crippen LogP contribution is -2.43. The number of anilines is 1. The SMILES string of the molecule is Cc1cccc(NS(=O)(=O)c2ccc3c(c2)c(=O)n(CC(=O)N2CCCC2)c(=O)n3C)c1C. The van der Waals surface area contributed by atoms with Crippen molar-refractivity contribution >= 4 is 32.5 Å². The second kappa shape index (κ2) is 8.51. The van der Waals surface area contributed by atoms with Gasteiger partial charge in [0.25, 0.3) is 15.6 Å². The van der Waals surface area contributed by atoms with Crippen molar-refractivity contribution in [1.82, 2.24) is 14.0 Å². The highest BCUT2D eigenvalue weighted by Gasteiger charge is 2.22. The van der Waals surface area contributed by atoms with Crippen molar-refractivity contribution in [3.8, 4) is 0 Å². The van der Waals surface area contributed by atoms with Crippen molar-refractivity contribution in [2.75, 3.05) is 17.8 Å². The summed E-state index contributed by atoms with van der Waals surface area (Å²) in [7, 11) is -2.50. The summed E-state index contributed by atoms with van der Waals surface area (Å²) >= 11 is 0. The van der Waals surface area contributed by atoms with E-state index in [-0.39, 0.29) is 22.7 Å². The quantitative estimate of drug-likeness (QED) is 0.611. The summed E-state index contributed by atoms with van der Waals surface area (Å²) in [5.74, 6) is -0.300. The minimum atomic E-state index is -3.99. The summed E-state index contributed by atoms with van der Waals surface area (Å²) in [6.07, 6.45) is 1.79. The average Bonchev–Trinajstić information content (AvgIpc) is 3.33. The number of hydrogen-bond donors (Lipinski definition) is 1. The molecule has 3 aromatic rings. The van der Waals surface area contributed by atoms with Gasteiger partial charge < -0.3 is 4.90 Å². The van der Waals surface area contributed by atoms with Gasteiger partial charge in [-0.05, 0) is 62.1 Å². The molecular weight excluding hydrogens is 444 g/mol. The molecule has 0 radical (unpaired) electrons. The highest BCUT2D eigenvalue weighted by Crippen LogP contribution is 2.23. The van der Waals surface area contributed by atoms with Gasteiger partial charge in [0.2, 0.25) is 5.91 Å². The van der Waals surface area contributed by atoms with Crippen molar-refractivity contribution in [3.63, 3.8) is 0 Å². The van der Waals surface area contributed by atoms with Gasteiger partial charge in [0, 0.05) is 20.1 Å². The van der Waals surface area contributed by atoms with Gasteiger partial charge in [-0.3, -0.25) is 23.4 Å². The molecule has 33 heavy (non-hydrogen) atoms. The van der Waals surface area contributed by atoms with Gasteiger partial charge in [0.1, 0.15) is 6.54 Å². The first kappa shape index (κ1) is 22.8. The Balaban J connectivity index is 1.77. The summed E-state index contributed by atoms with van der Waals surface area (Å²) in [6.45, 7) is 4.54. The third-order valence-corrected chi connectivity index (χ3v) is 7.60. The van der Waals surface area contributed by atoms with Gasteiger partial charge in [0.05, 0.1) is 21.5 Å². The molecule has 0 unspecified atom stereocenters. The molecule has 1 fully saturated rings. The lowest BCUT2D eigenvalue weighted by Gasteiger charge is -2.17. The molecular formula is C23H26N4O5S. The molecule has 1 aliphatic rings. The van der Waals surface area contributed by atoms with Gasteiger partial charge >= 0.3 is 5.69 Å². The van der Waals surface area contributed by atoms with Crippen LogP contribution in [-0.2, 0) is 28.4 Å². The molecule has 2 heterocycles. The molecule has 1 amide bonds. The van der Waals surface area contributed by atoms with Crippen LogP contribution in [0.15, 0.2) is 50.9 Å². The monoisotopic (exact) mass is 470 g/mol. The van der Waals surface area contributed by atoms with Crippen LogP contribution in [0, 0.1) is 13.8 Å². The molecule has 0 aliphatic carbocycles. The normalized spacial score (nSPS) is 14.1. The highest BCUT2D eigenvalue weighted by atomic mass is 32.2. The lowest BCUT2D eigenvalue weighted by molar-refractivity contribution is -0.130. The van der Waals surface area contributed by atoms with E-state index in [2.05, 4.69) is 4.72 Å². The molecule has 174 valence electrons. The maximum absolute atomic E-state index is 13.2. The fourth-order valence-corrected chi connectivity index (χ4v) is 5.22. The van der Waals surface area contributed by atoms with E-state index in [1.54, 1.807) is 17.0 Å². The number of fused-ring (bicyclic) bond motifs is 1. The molecule has 0 bridgehead atoms. The van der Waals surface area contributed by atoms with Crippen molar-refractivity contribution in [1.29, 1.82) is 0 Å². The minimum Gasteiger partial charge on any atom is -0.341 e. The Labute approximate surface area is 191 Å². The third kappa shape index (κ3) is 4.18. The van der Waals surface area contributed by atoms with E-state index in [4.69, 9.17) is 0 Å². The number of rotatable bonds is 5. The topological polar surface area (TPSA) is 110 Å². The maximum Gasteiger partial charge on any atom is 0.331 e. The van der Waals surface area contributed by atoms with Gasteiger partial charge in [-0.25, -0.2) is 13.2 Å². The lowest BCUT2D eigenvalue weighted by atomic mass is 10.1. The van der Waals surface area contributed by atoms with E-state index in [9.17, 15) is 22.8 Å². The highest BCUT2D eigenvalue weighted by molar-refractivity contribution is 7.92. The molecule has 2 aromatic carbocycles. The third-order valence-electron chi connectivity index (χ3n) is 6.23. The number of nitrogens with one attached hydrogen (secondary N) is 1. The molecule has 0 atom stereocenters. The number of amides is 1. The summed E-state index contributed by atoms with van der Waals surface area (Å²) in [4.78, 5) is 40.0. The van der Waals surface area contributed by atoms with Crippen LogP contribution >= 0.6 is 0 Å². The first-order valence-corrected chi connectivity index (χ1v) is 12.2. The number of nitrogens with zero attached hydrogens (tertiary/aromatic N) is 3. The standard InChI is InChI=1S/C23H26N4O5S/c1-15-7-6-8-19(16(15)2)24-33(31,32)17-9-10-20-18(13-17)22(29)27(23(30)25(20)3)14-21(28)26-11-4-5-12-26/h6-10,13,24H,4-5,11-12,14H2,1-3H3. The van der Waals surface area contributed by atoms with Crippen LogP contribution in [0.25, 0.3) is 10.9 Å². The Morgan fingerprint density at radius 1 is 1.06 bits per heavy atom. The Morgan fingerprint density at radius 3 is 2.45 bits per heavy atom. The molecule has 1 aliphatic heterocycles. The molecule has 0 spiro atoms. The predicted octanol–water partition coefficient (Wildman–Crippen LogP) is 1.74. The summed E-state index contributed by atoms with van der Waals surface area (Å²) in [5, 5.41) is 0.0511. The Morgan fingerprint density at radius 2 is 1.76 bits per heavy atom. The zero-order valence-electron chi connectivity index (χ0n) is 18.8. The van der Waals surface area contributed by atoms with E-state index in [0.717, 1.165) is 28.5 Å². The fraction of sp³-hybridized carbons (Fsp3) is 0.348. The number of sulfonamides is 1. The minimum absolute atomic E-state index is 0.0511. The fourth-order valence-electron chi connectivity index (χ4n) is 4.07. The van der Waals surface area contributed by atoms with Crippen molar-refractivity contribution in [2.24, 2.45) is 7.05 Å². The van der Waals surface area contributed by atoms with E-state index < -0.39 is 21.3 Å². The second-order valence-electron chi connectivity index (χ2n) is 8.35. The second-order valence-corrected chi connectivity index (χ2v) is 10.0. The molecule has 9 nitrogen and oxygen atoms in total. The Hall–Kier alpha value is -3.40. The Kier molecular flexibility index (Phi) is 5.87. The summed E-state index contributed by atoms with van der Waals surface area (Å²) < 4.78 is 30.8. The maximum atomic E-state index is 13.2. The first-order chi connectivity index (χ1) is 15.6. The largest absolute Gasteiger partial charge is 0.341 e. The Bertz CT molecular complexity index is 1480. The average molecular weight is 471 g/mol. The number of carbonyl (C=O) groups is 1. The number of aromatic nitrogens is 2. The van der Waals surface area contributed by atoms with Crippen LogP contribution < -0.4 is 16.0 Å². The van der Waals surface area contributed by atoms with Crippen LogP contribution in [-0.4, -0.2) is 41.4 Å². The van der Waals surface area contributed by atoms with Crippen LogP contribution in [0.4, 0.5) is 5.69 Å². The van der Waals surface area contributed by atoms with E-state index in [1.165, 1.54) is 29.8 Å². The van der Waals surface area contributed by atoms with E-state index >= 15 is 0 Å². The smallest absolute Gasteiger partial charge is 0.331 e. The number of likely N-dealkylation sites (tertiary alicyclic amines) is 1.